The van der Waals surface area contributed by atoms with E-state index in [4.69, 9.17) is 4.74 Å². The topological polar surface area (TPSA) is 47.3 Å². The van der Waals surface area contributed by atoms with Gasteiger partial charge in [0.2, 0.25) is 0 Å². The number of aryl methyl sites for hydroxylation is 2. The highest BCUT2D eigenvalue weighted by Gasteiger charge is 2.22. The number of aliphatic hydroxyl groups is 1. The monoisotopic (exact) mass is 356 g/mol. The zero-order valence-corrected chi connectivity index (χ0v) is 13.8. The molecule has 0 saturated heterocycles. The summed E-state index contributed by atoms with van der Waals surface area (Å²) in [6.07, 6.45) is 0.0344. The molecule has 0 aliphatic heterocycles. The van der Waals surface area contributed by atoms with Crippen molar-refractivity contribution in [3.05, 3.63) is 45.4 Å². The van der Waals surface area contributed by atoms with E-state index in [1.807, 2.05) is 14.0 Å². The fraction of sp³-hybridized carbons (Fsp3) is 0.400. The highest BCUT2D eigenvalue weighted by Crippen LogP contribution is 2.32. The lowest BCUT2D eigenvalue weighted by Crippen LogP contribution is -2.10. The van der Waals surface area contributed by atoms with Gasteiger partial charge in [0.15, 0.2) is 0 Å². The maximum atomic E-state index is 14.0. The molecule has 0 amide bonds. The molecule has 6 heteroatoms. The molecule has 2 rings (SSSR count). The number of halogens is 2. The fourth-order valence-corrected chi connectivity index (χ4v) is 3.12. The Balaban J connectivity index is 2.35. The van der Waals surface area contributed by atoms with Gasteiger partial charge in [0.1, 0.15) is 11.6 Å². The van der Waals surface area contributed by atoms with Crippen molar-refractivity contribution >= 4 is 15.9 Å². The van der Waals surface area contributed by atoms with E-state index in [-0.39, 0.29) is 12.0 Å². The Hall–Kier alpha value is -1.40. The third-order valence-corrected chi connectivity index (χ3v) is 4.37. The predicted octanol–water partition coefficient (Wildman–Crippen LogP) is 3.17. The van der Waals surface area contributed by atoms with Crippen molar-refractivity contribution in [3.63, 3.8) is 0 Å². The van der Waals surface area contributed by atoms with Gasteiger partial charge >= 0.3 is 0 Å². The summed E-state index contributed by atoms with van der Waals surface area (Å²) in [5.74, 6) is -0.132. The van der Waals surface area contributed by atoms with E-state index in [9.17, 15) is 9.50 Å². The van der Waals surface area contributed by atoms with Gasteiger partial charge in [-0.1, -0.05) is 13.0 Å². The summed E-state index contributed by atoms with van der Waals surface area (Å²) < 4.78 is 21.7. The minimum Gasteiger partial charge on any atom is -0.496 e. The molecular formula is C15H18BrFN2O2. The van der Waals surface area contributed by atoms with Crippen LogP contribution in [0.3, 0.4) is 0 Å². The van der Waals surface area contributed by atoms with E-state index in [0.29, 0.717) is 5.75 Å². The van der Waals surface area contributed by atoms with E-state index in [1.165, 1.54) is 13.2 Å². The minimum absolute atomic E-state index is 0.172. The van der Waals surface area contributed by atoms with Crippen LogP contribution in [0.4, 0.5) is 4.39 Å². The molecule has 0 radical (unpaired) electrons. The summed E-state index contributed by atoms with van der Waals surface area (Å²) in [5, 5.41) is 14.8. The number of methoxy groups -OCH3 is 1. The van der Waals surface area contributed by atoms with E-state index in [1.54, 1.807) is 16.8 Å². The predicted molar refractivity (Wildman–Crippen MR) is 81.9 cm³/mol. The number of aliphatic hydroxyl groups excluding tert-OH is 1. The van der Waals surface area contributed by atoms with E-state index >= 15 is 0 Å². The number of rotatable bonds is 5. The first-order chi connectivity index (χ1) is 9.99. The second-order valence-electron chi connectivity index (χ2n) is 4.76. The summed E-state index contributed by atoms with van der Waals surface area (Å²) in [4.78, 5) is 0. The van der Waals surface area contributed by atoms with Crippen molar-refractivity contribution < 1.29 is 14.2 Å². The van der Waals surface area contributed by atoms with Crippen molar-refractivity contribution in [3.8, 4) is 5.75 Å². The molecule has 1 N–H and O–H groups in total. The quantitative estimate of drug-likeness (QED) is 0.894. The van der Waals surface area contributed by atoms with Crippen LogP contribution < -0.4 is 4.74 Å². The Labute approximate surface area is 131 Å². The average Bonchev–Trinajstić information content (AvgIpc) is 2.74. The van der Waals surface area contributed by atoms with Gasteiger partial charge in [-0.05, 0) is 34.5 Å². The van der Waals surface area contributed by atoms with Gasteiger partial charge in [-0.3, -0.25) is 4.68 Å². The number of hydrogen-bond donors (Lipinski definition) is 1. The summed E-state index contributed by atoms with van der Waals surface area (Å²) >= 11 is 3.50. The molecule has 0 spiro atoms. The van der Waals surface area contributed by atoms with Crippen molar-refractivity contribution in [1.82, 2.24) is 9.78 Å². The van der Waals surface area contributed by atoms with Gasteiger partial charge in [-0.15, -0.1) is 0 Å². The third-order valence-electron chi connectivity index (χ3n) is 3.46. The van der Waals surface area contributed by atoms with E-state index in [0.717, 1.165) is 22.3 Å². The smallest absolute Gasteiger partial charge is 0.132 e. The lowest BCUT2D eigenvalue weighted by molar-refractivity contribution is 0.166. The molecule has 0 fully saturated rings. The molecule has 114 valence electrons. The second kappa shape index (κ2) is 6.58. The van der Waals surface area contributed by atoms with Crippen LogP contribution >= 0.6 is 15.9 Å². The van der Waals surface area contributed by atoms with Gasteiger partial charge in [-0.2, -0.15) is 5.10 Å². The van der Waals surface area contributed by atoms with Crippen LogP contribution in [0.15, 0.2) is 22.7 Å². The van der Waals surface area contributed by atoms with Crippen molar-refractivity contribution in [1.29, 1.82) is 0 Å². The fourth-order valence-electron chi connectivity index (χ4n) is 2.35. The molecule has 1 unspecified atom stereocenters. The summed E-state index contributed by atoms with van der Waals surface area (Å²) in [6, 6.07) is 4.51. The van der Waals surface area contributed by atoms with Crippen molar-refractivity contribution in [2.24, 2.45) is 7.05 Å². The molecule has 21 heavy (non-hydrogen) atoms. The summed E-state index contributed by atoms with van der Waals surface area (Å²) in [5.41, 5.74) is 1.91. The lowest BCUT2D eigenvalue weighted by atomic mass is 10.0. The van der Waals surface area contributed by atoms with Crippen LogP contribution in [0.2, 0.25) is 0 Å². The molecule has 2 aromatic rings. The molecule has 0 bridgehead atoms. The van der Waals surface area contributed by atoms with E-state index in [2.05, 4.69) is 21.0 Å². The Kier molecular flexibility index (Phi) is 5.00. The molecule has 1 aromatic carbocycles. The van der Waals surface area contributed by atoms with Gasteiger partial charge < -0.3 is 9.84 Å². The number of ether oxygens (including phenoxy) is 1. The highest BCUT2D eigenvalue weighted by molar-refractivity contribution is 9.10. The first-order valence-corrected chi connectivity index (χ1v) is 7.49. The standard InChI is InChI=1S/C15H18BrFN2O2/c1-4-10-15(16)11(19(2)18-10)8-12(20)14-9(17)6-5-7-13(14)21-3/h5-7,12,20H,4,8H2,1-3H3. The van der Waals surface area contributed by atoms with Crippen molar-refractivity contribution in [2.75, 3.05) is 7.11 Å². The maximum Gasteiger partial charge on any atom is 0.132 e. The van der Waals surface area contributed by atoms with Crippen LogP contribution in [-0.4, -0.2) is 22.0 Å². The van der Waals surface area contributed by atoms with Gasteiger partial charge in [0.25, 0.3) is 0 Å². The second-order valence-corrected chi connectivity index (χ2v) is 5.55. The summed E-state index contributed by atoms with van der Waals surface area (Å²) in [6.45, 7) is 2.01. The number of aromatic nitrogens is 2. The minimum atomic E-state index is -1.00. The first kappa shape index (κ1) is 16.0. The lowest BCUT2D eigenvalue weighted by Gasteiger charge is -2.16. The molecular weight excluding hydrogens is 339 g/mol. The molecule has 0 aliphatic rings. The van der Waals surface area contributed by atoms with Crippen LogP contribution in [0.25, 0.3) is 0 Å². The normalized spacial score (nSPS) is 12.5. The highest BCUT2D eigenvalue weighted by atomic mass is 79.9. The SMILES string of the molecule is CCc1nn(C)c(CC(O)c2c(F)cccc2OC)c1Br. The molecule has 0 saturated carbocycles. The molecule has 1 heterocycles. The maximum absolute atomic E-state index is 14.0. The number of nitrogens with zero attached hydrogens (tertiary/aromatic N) is 2. The zero-order chi connectivity index (χ0) is 15.6. The van der Waals surface area contributed by atoms with Crippen LogP contribution in [-0.2, 0) is 19.9 Å². The third kappa shape index (κ3) is 3.11. The van der Waals surface area contributed by atoms with Gasteiger partial charge in [0, 0.05) is 13.5 Å². The Morgan fingerprint density at radius 2 is 2.19 bits per heavy atom. The average molecular weight is 357 g/mol. The molecule has 4 nitrogen and oxygen atoms in total. The zero-order valence-electron chi connectivity index (χ0n) is 12.2. The number of hydrogen-bond acceptors (Lipinski definition) is 3. The van der Waals surface area contributed by atoms with Crippen LogP contribution in [0.5, 0.6) is 5.75 Å². The van der Waals surface area contributed by atoms with Crippen LogP contribution in [0.1, 0.15) is 30.0 Å². The first-order valence-electron chi connectivity index (χ1n) is 6.70. The Bertz CT molecular complexity index is 643. The largest absolute Gasteiger partial charge is 0.496 e. The molecule has 0 aliphatic carbocycles. The van der Waals surface area contributed by atoms with Crippen LogP contribution in [0, 0.1) is 5.82 Å². The molecule has 1 aromatic heterocycles. The Morgan fingerprint density at radius 3 is 2.76 bits per heavy atom. The molecule has 1 atom stereocenters. The van der Waals surface area contributed by atoms with Crippen molar-refractivity contribution in [2.45, 2.75) is 25.9 Å². The Morgan fingerprint density at radius 1 is 1.48 bits per heavy atom. The van der Waals surface area contributed by atoms with Gasteiger partial charge in [-0.25, -0.2) is 4.39 Å². The van der Waals surface area contributed by atoms with Gasteiger partial charge in [0.05, 0.1) is 34.6 Å². The summed E-state index contributed by atoms with van der Waals surface area (Å²) in [7, 11) is 3.27. The van der Waals surface area contributed by atoms with E-state index < -0.39 is 11.9 Å². The number of benzene rings is 1.